The average Bonchev–Trinajstić information content (AvgIpc) is 3.02. The quantitative estimate of drug-likeness (QED) is 0.700. The number of rotatable bonds is 4. The summed E-state index contributed by atoms with van der Waals surface area (Å²) in [5, 5.41) is 0. The molecule has 0 aliphatic carbocycles. The number of hydrogen-bond donors (Lipinski definition) is 0. The SMILES string of the molecule is CCCC(=O)c1cccc(-c2cc(C(F)(F)F)cc3c2C=NC3)c1. The Kier molecular flexibility index (Phi) is 4.26. The Morgan fingerprint density at radius 2 is 2.00 bits per heavy atom. The highest BCUT2D eigenvalue weighted by atomic mass is 19.4. The lowest BCUT2D eigenvalue weighted by Crippen LogP contribution is -2.07. The second-order valence-electron chi connectivity index (χ2n) is 5.82. The molecule has 2 aromatic rings. The average molecular weight is 331 g/mol. The van der Waals surface area contributed by atoms with E-state index in [1.807, 2.05) is 6.92 Å². The van der Waals surface area contributed by atoms with Gasteiger partial charge in [-0.05, 0) is 41.3 Å². The molecule has 124 valence electrons. The fourth-order valence-electron chi connectivity index (χ4n) is 2.87. The molecule has 2 nitrogen and oxygen atoms in total. The van der Waals surface area contributed by atoms with E-state index in [-0.39, 0.29) is 12.3 Å². The van der Waals surface area contributed by atoms with E-state index >= 15 is 0 Å². The van der Waals surface area contributed by atoms with Crippen LogP contribution in [0.15, 0.2) is 41.4 Å². The maximum Gasteiger partial charge on any atom is 0.416 e. The van der Waals surface area contributed by atoms with Crippen LogP contribution < -0.4 is 0 Å². The normalized spacial score (nSPS) is 13.2. The van der Waals surface area contributed by atoms with Crippen molar-refractivity contribution in [3.05, 3.63) is 58.7 Å². The first-order valence-electron chi connectivity index (χ1n) is 7.77. The molecule has 0 amide bonds. The predicted octanol–water partition coefficient (Wildman–Crippen LogP) is 5.29. The number of hydrogen-bond acceptors (Lipinski definition) is 2. The minimum atomic E-state index is -4.41. The van der Waals surface area contributed by atoms with Gasteiger partial charge in [-0.25, -0.2) is 0 Å². The molecular weight excluding hydrogens is 315 g/mol. The second kappa shape index (κ2) is 6.23. The molecular formula is C19H16F3NO. The van der Waals surface area contributed by atoms with Crippen molar-refractivity contribution >= 4 is 12.0 Å². The number of ketones is 1. The van der Waals surface area contributed by atoms with Gasteiger partial charge in [-0.15, -0.1) is 0 Å². The molecule has 0 N–H and O–H groups in total. The van der Waals surface area contributed by atoms with Gasteiger partial charge in [0.25, 0.3) is 0 Å². The summed E-state index contributed by atoms with van der Waals surface area (Å²) in [6, 6.07) is 9.09. The van der Waals surface area contributed by atoms with Gasteiger partial charge < -0.3 is 0 Å². The third-order valence-corrected chi connectivity index (χ3v) is 4.05. The summed E-state index contributed by atoms with van der Waals surface area (Å²) < 4.78 is 39.5. The van der Waals surface area contributed by atoms with Gasteiger partial charge in [-0.1, -0.05) is 25.1 Å². The van der Waals surface area contributed by atoms with Crippen LogP contribution in [0.4, 0.5) is 13.2 Å². The van der Waals surface area contributed by atoms with Crippen LogP contribution in [0.5, 0.6) is 0 Å². The summed E-state index contributed by atoms with van der Waals surface area (Å²) >= 11 is 0. The van der Waals surface area contributed by atoms with Crippen molar-refractivity contribution < 1.29 is 18.0 Å². The first-order valence-corrected chi connectivity index (χ1v) is 7.77. The molecule has 0 radical (unpaired) electrons. The molecule has 1 heterocycles. The van der Waals surface area contributed by atoms with Crippen molar-refractivity contribution in [3.8, 4) is 11.1 Å². The maximum absolute atomic E-state index is 13.2. The molecule has 0 unspecified atom stereocenters. The lowest BCUT2D eigenvalue weighted by Gasteiger charge is -2.14. The van der Waals surface area contributed by atoms with E-state index in [0.717, 1.165) is 18.6 Å². The van der Waals surface area contributed by atoms with E-state index in [9.17, 15) is 18.0 Å². The molecule has 0 bridgehead atoms. The second-order valence-corrected chi connectivity index (χ2v) is 5.82. The van der Waals surface area contributed by atoms with Crippen LogP contribution in [0.3, 0.4) is 0 Å². The highest BCUT2D eigenvalue weighted by molar-refractivity contribution is 5.99. The summed E-state index contributed by atoms with van der Waals surface area (Å²) in [4.78, 5) is 16.2. The summed E-state index contributed by atoms with van der Waals surface area (Å²) in [6.45, 7) is 2.17. The highest BCUT2D eigenvalue weighted by Gasteiger charge is 2.32. The molecule has 0 atom stereocenters. The lowest BCUT2D eigenvalue weighted by molar-refractivity contribution is -0.137. The van der Waals surface area contributed by atoms with Crippen LogP contribution >= 0.6 is 0 Å². The van der Waals surface area contributed by atoms with E-state index in [0.29, 0.717) is 34.2 Å². The molecule has 0 fully saturated rings. The number of Topliss-reactive ketones (excluding diaryl/α,β-unsaturated/α-hetero) is 1. The lowest BCUT2D eigenvalue weighted by atomic mass is 9.92. The Labute approximate surface area is 138 Å². The zero-order valence-electron chi connectivity index (χ0n) is 13.2. The van der Waals surface area contributed by atoms with Gasteiger partial charge in [0.1, 0.15) is 0 Å². The number of nitrogens with zero attached hydrogens (tertiary/aromatic N) is 1. The van der Waals surface area contributed by atoms with Crippen LogP contribution in [0.1, 0.15) is 46.8 Å². The third kappa shape index (κ3) is 3.11. The zero-order valence-corrected chi connectivity index (χ0v) is 13.2. The number of halogens is 3. The number of alkyl halides is 3. The topological polar surface area (TPSA) is 29.4 Å². The molecule has 0 saturated carbocycles. The van der Waals surface area contributed by atoms with Crippen molar-refractivity contribution in [2.24, 2.45) is 4.99 Å². The molecule has 1 aliphatic heterocycles. The smallest absolute Gasteiger partial charge is 0.294 e. The Bertz CT molecular complexity index is 822. The minimum Gasteiger partial charge on any atom is -0.294 e. The Hall–Kier alpha value is -2.43. The van der Waals surface area contributed by atoms with Crippen molar-refractivity contribution in [2.45, 2.75) is 32.5 Å². The van der Waals surface area contributed by atoms with Gasteiger partial charge in [0.2, 0.25) is 0 Å². The molecule has 5 heteroatoms. The van der Waals surface area contributed by atoms with E-state index in [4.69, 9.17) is 0 Å². The molecule has 0 saturated heterocycles. The monoisotopic (exact) mass is 331 g/mol. The van der Waals surface area contributed by atoms with Crippen LogP contribution in [0.25, 0.3) is 11.1 Å². The van der Waals surface area contributed by atoms with E-state index in [1.165, 1.54) is 0 Å². The van der Waals surface area contributed by atoms with Crippen LogP contribution in [0, 0.1) is 0 Å². The first kappa shape index (κ1) is 16.4. The summed E-state index contributed by atoms with van der Waals surface area (Å²) in [5.41, 5.74) is 2.16. The van der Waals surface area contributed by atoms with Gasteiger partial charge in [-0.3, -0.25) is 9.79 Å². The van der Waals surface area contributed by atoms with Crippen LogP contribution in [0.2, 0.25) is 0 Å². The standard InChI is InChI=1S/C19H16F3NO/c1-2-4-18(24)13-6-3-5-12(7-13)16-9-15(19(20,21)22)8-14-10-23-11-17(14)16/h3,5-9,11H,2,4,10H2,1H3. The summed E-state index contributed by atoms with van der Waals surface area (Å²) in [6.07, 6.45) is -1.66. The molecule has 3 rings (SSSR count). The molecule has 0 spiro atoms. The van der Waals surface area contributed by atoms with Crippen molar-refractivity contribution in [2.75, 3.05) is 0 Å². The van der Waals surface area contributed by atoms with Crippen molar-refractivity contribution in [1.29, 1.82) is 0 Å². The summed E-state index contributed by atoms with van der Waals surface area (Å²) in [5.74, 6) is -0.00311. The number of fused-ring (bicyclic) bond motifs is 1. The van der Waals surface area contributed by atoms with Crippen LogP contribution in [-0.2, 0) is 12.7 Å². The van der Waals surface area contributed by atoms with Gasteiger partial charge in [-0.2, -0.15) is 13.2 Å². The largest absolute Gasteiger partial charge is 0.416 e. The van der Waals surface area contributed by atoms with Gasteiger partial charge in [0, 0.05) is 23.8 Å². The van der Waals surface area contributed by atoms with Crippen LogP contribution in [-0.4, -0.2) is 12.0 Å². The maximum atomic E-state index is 13.2. The summed E-state index contributed by atoms with van der Waals surface area (Å²) in [7, 11) is 0. The fraction of sp³-hybridized carbons (Fsp3) is 0.263. The van der Waals surface area contributed by atoms with Gasteiger partial charge in [0.15, 0.2) is 5.78 Å². The minimum absolute atomic E-state index is 0.00311. The molecule has 2 aromatic carbocycles. The zero-order chi connectivity index (χ0) is 17.3. The van der Waals surface area contributed by atoms with E-state index in [1.54, 1.807) is 30.5 Å². The Morgan fingerprint density at radius 3 is 2.71 bits per heavy atom. The van der Waals surface area contributed by atoms with E-state index in [2.05, 4.69) is 4.99 Å². The molecule has 1 aliphatic rings. The number of benzene rings is 2. The van der Waals surface area contributed by atoms with Crippen molar-refractivity contribution in [3.63, 3.8) is 0 Å². The molecule has 24 heavy (non-hydrogen) atoms. The molecule has 0 aromatic heterocycles. The van der Waals surface area contributed by atoms with E-state index < -0.39 is 11.7 Å². The number of aliphatic imine (C=N–C) groups is 1. The highest BCUT2D eigenvalue weighted by Crippen LogP contribution is 2.37. The third-order valence-electron chi connectivity index (χ3n) is 4.05. The Morgan fingerprint density at radius 1 is 1.21 bits per heavy atom. The number of carbonyl (C=O) groups excluding carboxylic acids is 1. The van der Waals surface area contributed by atoms with Crippen molar-refractivity contribution in [1.82, 2.24) is 0 Å². The van der Waals surface area contributed by atoms with Gasteiger partial charge in [0.05, 0.1) is 12.1 Å². The first-order chi connectivity index (χ1) is 11.4. The van der Waals surface area contributed by atoms with Gasteiger partial charge >= 0.3 is 6.18 Å². The fourth-order valence-corrected chi connectivity index (χ4v) is 2.87. The number of carbonyl (C=O) groups is 1. The Balaban J connectivity index is 2.12. The predicted molar refractivity (Wildman–Crippen MR) is 87.4 cm³/mol.